The molecule has 1 amide bonds. The van der Waals surface area contributed by atoms with Gasteiger partial charge in [0.1, 0.15) is 17.2 Å². The van der Waals surface area contributed by atoms with E-state index in [9.17, 15) is 9.18 Å². The van der Waals surface area contributed by atoms with Crippen LogP contribution in [0.5, 0.6) is 0 Å². The summed E-state index contributed by atoms with van der Waals surface area (Å²) < 4.78 is 19.6. The average Bonchev–Trinajstić information content (AvgIpc) is 3.28. The van der Waals surface area contributed by atoms with Crippen molar-refractivity contribution >= 4 is 33.6 Å². The number of rotatable bonds is 1. The minimum atomic E-state index is -0.608. The van der Waals surface area contributed by atoms with E-state index >= 15 is 0 Å². The molecule has 0 atom stereocenters. The molecule has 0 bridgehead atoms. The summed E-state index contributed by atoms with van der Waals surface area (Å²) in [5.74, 6) is -0.188. The van der Waals surface area contributed by atoms with Gasteiger partial charge in [0, 0.05) is 16.5 Å². The highest BCUT2D eigenvalue weighted by Crippen LogP contribution is 2.44. The molecule has 2 aliphatic heterocycles. The molecule has 0 fully saturated rings. The van der Waals surface area contributed by atoms with Crippen LogP contribution in [-0.2, 0) is 9.53 Å². The minimum absolute atomic E-state index is 0.288. The van der Waals surface area contributed by atoms with Crippen LogP contribution in [0.3, 0.4) is 0 Å². The molecule has 0 spiro atoms. The summed E-state index contributed by atoms with van der Waals surface area (Å²) in [6.45, 7) is 3.93. The van der Waals surface area contributed by atoms with Crippen LogP contribution >= 0.6 is 0 Å². The van der Waals surface area contributed by atoms with Gasteiger partial charge in [-0.15, -0.1) is 0 Å². The first-order chi connectivity index (χ1) is 12.9. The first kappa shape index (κ1) is 15.8. The lowest BCUT2D eigenvalue weighted by Gasteiger charge is -2.23. The number of carbonyl (C=O) groups is 1. The third kappa shape index (κ3) is 2.37. The Kier molecular flexibility index (Phi) is 3.10. The van der Waals surface area contributed by atoms with E-state index in [0.29, 0.717) is 22.6 Å². The van der Waals surface area contributed by atoms with Gasteiger partial charge < -0.3 is 10.1 Å². The smallest absolute Gasteiger partial charge is 0.260 e. The van der Waals surface area contributed by atoms with Gasteiger partial charge in [-0.25, -0.2) is 4.39 Å². The molecule has 0 aliphatic carbocycles. The molecule has 5 rings (SSSR count). The van der Waals surface area contributed by atoms with E-state index in [1.165, 1.54) is 12.1 Å². The first-order valence-corrected chi connectivity index (χ1v) is 8.63. The Labute approximate surface area is 154 Å². The lowest BCUT2D eigenvalue weighted by Crippen LogP contribution is -2.21. The molecule has 1 aromatic heterocycles. The summed E-state index contributed by atoms with van der Waals surface area (Å²) in [6.07, 6.45) is 3.67. The topological polar surface area (TPSA) is 67.0 Å². The number of amides is 1. The molecule has 2 N–H and O–H groups in total. The molecule has 0 radical (unpaired) electrons. The van der Waals surface area contributed by atoms with Crippen molar-refractivity contribution < 1.29 is 13.9 Å². The van der Waals surface area contributed by atoms with Crippen LogP contribution in [0.1, 0.15) is 25.0 Å². The van der Waals surface area contributed by atoms with Crippen molar-refractivity contribution in [2.45, 2.75) is 19.4 Å². The molecule has 5 nitrogen and oxygen atoms in total. The second-order valence-corrected chi connectivity index (χ2v) is 7.23. The summed E-state index contributed by atoms with van der Waals surface area (Å²) in [7, 11) is 0. The summed E-state index contributed by atoms with van der Waals surface area (Å²) in [5.41, 5.74) is 3.86. The molecule has 6 heteroatoms. The lowest BCUT2D eigenvalue weighted by molar-refractivity contribution is -0.111. The predicted octanol–water partition coefficient (Wildman–Crippen LogP) is 4.26. The van der Waals surface area contributed by atoms with E-state index in [2.05, 4.69) is 15.5 Å². The van der Waals surface area contributed by atoms with E-state index in [0.717, 1.165) is 22.0 Å². The van der Waals surface area contributed by atoms with Gasteiger partial charge in [0.05, 0.1) is 23.0 Å². The van der Waals surface area contributed by atoms with Crippen molar-refractivity contribution in [3.63, 3.8) is 0 Å². The van der Waals surface area contributed by atoms with Crippen molar-refractivity contribution in [3.8, 4) is 0 Å². The van der Waals surface area contributed by atoms with Crippen LogP contribution < -0.4 is 5.32 Å². The highest BCUT2D eigenvalue weighted by Gasteiger charge is 2.38. The number of allylic oxidation sites excluding steroid dienone is 1. The number of nitrogens with zero attached hydrogens (tertiary/aromatic N) is 1. The number of carbonyl (C=O) groups excluding carboxylic acids is 1. The second-order valence-electron chi connectivity index (χ2n) is 7.23. The number of fused-ring (bicyclic) bond motifs is 2. The fourth-order valence-corrected chi connectivity index (χ4v) is 3.72. The summed E-state index contributed by atoms with van der Waals surface area (Å²) in [5, 5.41) is 10.7. The van der Waals surface area contributed by atoms with Gasteiger partial charge in [0.25, 0.3) is 5.91 Å². The molecule has 0 saturated heterocycles. The molecule has 3 heterocycles. The number of benzene rings is 2. The molecule has 3 aromatic rings. The number of hydrogen-bond donors (Lipinski definition) is 2. The lowest BCUT2D eigenvalue weighted by atomic mass is 9.91. The van der Waals surface area contributed by atoms with E-state index < -0.39 is 11.4 Å². The molecular formula is C21H16FN3O2. The number of aromatic nitrogens is 2. The number of ether oxygens (including phenoxy) is 1. The maximum Gasteiger partial charge on any atom is 0.260 e. The van der Waals surface area contributed by atoms with Crippen molar-refractivity contribution in [2.24, 2.45) is 0 Å². The third-order valence-corrected chi connectivity index (χ3v) is 5.01. The molecule has 0 saturated carbocycles. The summed E-state index contributed by atoms with van der Waals surface area (Å²) in [4.78, 5) is 12.5. The van der Waals surface area contributed by atoms with Crippen molar-refractivity contribution in [1.82, 2.24) is 10.2 Å². The Morgan fingerprint density at radius 2 is 2.00 bits per heavy atom. The normalized spacial score (nSPS) is 20.4. The van der Waals surface area contributed by atoms with Gasteiger partial charge in [-0.2, -0.15) is 5.10 Å². The largest absolute Gasteiger partial charge is 0.482 e. The molecule has 0 unspecified atom stereocenters. The SMILES string of the molecule is CC1(C)OC(=C2C(=O)Nc3cc(F)ccc32)C=C1c1ccc2[nH]ncc2c1. The second kappa shape index (κ2) is 5.30. The Balaban J connectivity index is 1.67. The van der Waals surface area contributed by atoms with E-state index in [-0.39, 0.29) is 5.91 Å². The Morgan fingerprint density at radius 1 is 1.15 bits per heavy atom. The maximum absolute atomic E-state index is 13.5. The van der Waals surface area contributed by atoms with Crippen LogP contribution in [0.15, 0.2) is 54.4 Å². The summed E-state index contributed by atoms with van der Waals surface area (Å²) >= 11 is 0. The highest BCUT2D eigenvalue weighted by atomic mass is 19.1. The number of nitrogens with one attached hydrogen (secondary N) is 2. The molecule has 2 aliphatic rings. The third-order valence-electron chi connectivity index (χ3n) is 5.01. The molecule has 134 valence electrons. The Hall–Kier alpha value is -3.41. The first-order valence-electron chi connectivity index (χ1n) is 8.63. The van der Waals surface area contributed by atoms with Gasteiger partial charge in [0.15, 0.2) is 0 Å². The number of halogens is 1. The van der Waals surface area contributed by atoms with E-state index in [4.69, 9.17) is 4.74 Å². The number of hydrogen-bond acceptors (Lipinski definition) is 3. The quantitative estimate of drug-likeness (QED) is 0.637. The van der Waals surface area contributed by atoms with Gasteiger partial charge in [-0.05, 0) is 55.8 Å². The zero-order chi connectivity index (χ0) is 18.8. The van der Waals surface area contributed by atoms with Crippen LogP contribution in [0, 0.1) is 5.82 Å². The number of H-pyrrole nitrogens is 1. The zero-order valence-corrected chi connectivity index (χ0v) is 14.8. The van der Waals surface area contributed by atoms with Crippen LogP contribution in [0.4, 0.5) is 10.1 Å². The van der Waals surface area contributed by atoms with Gasteiger partial charge in [-0.3, -0.25) is 9.89 Å². The van der Waals surface area contributed by atoms with Crippen LogP contribution in [-0.4, -0.2) is 21.7 Å². The van der Waals surface area contributed by atoms with Gasteiger partial charge in [-0.1, -0.05) is 6.07 Å². The van der Waals surface area contributed by atoms with E-state index in [1.807, 2.05) is 38.1 Å². The summed E-state index contributed by atoms with van der Waals surface area (Å²) in [6, 6.07) is 10.3. The molecular weight excluding hydrogens is 345 g/mol. The van der Waals surface area contributed by atoms with Gasteiger partial charge in [0.2, 0.25) is 0 Å². The fraction of sp³-hybridized carbons (Fsp3) is 0.143. The monoisotopic (exact) mass is 361 g/mol. The highest BCUT2D eigenvalue weighted by molar-refractivity contribution is 6.32. The van der Waals surface area contributed by atoms with Crippen molar-refractivity contribution in [1.29, 1.82) is 0 Å². The minimum Gasteiger partial charge on any atom is -0.482 e. The number of aromatic amines is 1. The fourth-order valence-electron chi connectivity index (χ4n) is 3.72. The Morgan fingerprint density at radius 3 is 2.85 bits per heavy atom. The van der Waals surface area contributed by atoms with Gasteiger partial charge >= 0.3 is 0 Å². The van der Waals surface area contributed by atoms with Crippen molar-refractivity contribution in [2.75, 3.05) is 5.32 Å². The standard InChI is InChI=1S/C21H16FN3O2/c1-21(2)15(11-3-6-16-12(7-11)10-23-25-16)9-18(27-21)19-14-5-4-13(22)8-17(14)24-20(19)26/h3-10H,1-2H3,(H,23,25)(H,24,26). The van der Waals surface area contributed by atoms with Crippen LogP contribution in [0.25, 0.3) is 22.0 Å². The zero-order valence-electron chi connectivity index (χ0n) is 14.8. The van der Waals surface area contributed by atoms with Crippen LogP contribution in [0.2, 0.25) is 0 Å². The Bertz CT molecular complexity index is 1190. The molecule has 27 heavy (non-hydrogen) atoms. The maximum atomic E-state index is 13.5. The predicted molar refractivity (Wildman–Crippen MR) is 101 cm³/mol. The average molecular weight is 361 g/mol. The van der Waals surface area contributed by atoms with E-state index in [1.54, 1.807) is 12.3 Å². The van der Waals surface area contributed by atoms with Crippen molar-refractivity contribution in [3.05, 3.63) is 71.4 Å². The number of anilines is 1. The molecule has 2 aromatic carbocycles.